The highest BCUT2D eigenvalue weighted by molar-refractivity contribution is 6.33. The molecule has 0 aliphatic heterocycles. The Morgan fingerprint density at radius 2 is 2.00 bits per heavy atom. The fourth-order valence-corrected chi connectivity index (χ4v) is 1.97. The van der Waals surface area contributed by atoms with Crippen molar-refractivity contribution < 1.29 is 0 Å². The second-order valence-corrected chi connectivity index (χ2v) is 4.52. The van der Waals surface area contributed by atoms with Gasteiger partial charge in [0, 0.05) is 6.54 Å². The van der Waals surface area contributed by atoms with Crippen LogP contribution in [0.1, 0.15) is 12.0 Å². The second-order valence-electron chi connectivity index (χ2n) is 4.12. The first-order chi connectivity index (χ1) is 8.75. The predicted molar refractivity (Wildman–Crippen MR) is 76.9 cm³/mol. The van der Waals surface area contributed by atoms with Crippen LogP contribution in [-0.2, 0) is 6.42 Å². The van der Waals surface area contributed by atoms with Gasteiger partial charge in [-0.1, -0.05) is 41.9 Å². The van der Waals surface area contributed by atoms with E-state index in [0.717, 1.165) is 19.4 Å². The standard InChI is InChI=1S/C14H16ClN3/c15-13-9-12(16)10-18-14(13)17-8-4-7-11-5-2-1-3-6-11/h1-3,5-6,9-10H,4,7-8,16H2,(H,17,18). The normalized spacial score (nSPS) is 10.3. The van der Waals surface area contributed by atoms with Crippen LogP contribution in [0.5, 0.6) is 0 Å². The lowest BCUT2D eigenvalue weighted by Crippen LogP contribution is -2.05. The summed E-state index contributed by atoms with van der Waals surface area (Å²) in [5.74, 6) is 0.693. The molecule has 1 heterocycles. The van der Waals surface area contributed by atoms with Crippen LogP contribution in [0.15, 0.2) is 42.6 Å². The number of benzene rings is 1. The lowest BCUT2D eigenvalue weighted by atomic mass is 10.1. The third kappa shape index (κ3) is 3.64. The number of pyridine rings is 1. The van der Waals surface area contributed by atoms with Crippen molar-refractivity contribution >= 4 is 23.1 Å². The number of aromatic nitrogens is 1. The van der Waals surface area contributed by atoms with Crippen LogP contribution >= 0.6 is 11.6 Å². The van der Waals surface area contributed by atoms with Crippen LogP contribution in [0.4, 0.5) is 11.5 Å². The molecule has 3 nitrogen and oxygen atoms in total. The first kappa shape index (κ1) is 12.7. The molecule has 0 saturated heterocycles. The molecule has 0 amide bonds. The lowest BCUT2D eigenvalue weighted by Gasteiger charge is -2.07. The summed E-state index contributed by atoms with van der Waals surface area (Å²) in [4.78, 5) is 4.15. The SMILES string of the molecule is Nc1cnc(NCCCc2ccccc2)c(Cl)c1. The highest BCUT2D eigenvalue weighted by Gasteiger charge is 2.01. The first-order valence-electron chi connectivity index (χ1n) is 5.94. The summed E-state index contributed by atoms with van der Waals surface area (Å²) in [6, 6.07) is 12.1. The van der Waals surface area contributed by atoms with Gasteiger partial charge in [-0.05, 0) is 24.5 Å². The molecule has 0 saturated carbocycles. The van der Waals surface area contributed by atoms with Gasteiger partial charge < -0.3 is 11.1 Å². The van der Waals surface area contributed by atoms with Crippen molar-refractivity contribution in [3.05, 3.63) is 53.2 Å². The van der Waals surface area contributed by atoms with Crippen LogP contribution in [0.25, 0.3) is 0 Å². The molecule has 2 rings (SSSR count). The fraction of sp³-hybridized carbons (Fsp3) is 0.214. The van der Waals surface area contributed by atoms with Crippen LogP contribution in [-0.4, -0.2) is 11.5 Å². The first-order valence-corrected chi connectivity index (χ1v) is 6.32. The Bertz CT molecular complexity index is 500. The molecule has 0 radical (unpaired) electrons. The van der Waals surface area contributed by atoms with Crippen molar-refractivity contribution in [1.82, 2.24) is 4.98 Å². The molecule has 1 aromatic heterocycles. The topological polar surface area (TPSA) is 50.9 Å². The van der Waals surface area contributed by atoms with E-state index in [1.165, 1.54) is 5.56 Å². The predicted octanol–water partition coefficient (Wildman–Crippen LogP) is 3.36. The van der Waals surface area contributed by atoms with Crippen molar-refractivity contribution in [2.75, 3.05) is 17.6 Å². The maximum absolute atomic E-state index is 6.02. The Morgan fingerprint density at radius 3 is 2.72 bits per heavy atom. The Balaban J connectivity index is 1.79. The van der Waals surface area contributed by atoms with E-state index in [9.17, 15) is 0 Å². The van der Waals surface area contributed by atoms with E-state index in [0.29, 0.717) is 16.5 Å². The zero-order valence-corrected chi connectivity index (χ0v) is 10.8. The third-order valence-corrected chi connectivity index (χ3v) is 2.93. The maximum atomic E-state index is 6.02. The van der Waals surface area contributed by atoms with Gasteiger partial charge in [0.25, 0.3) is 0 Å². The lowest BCUT2D eigenvalue weighted by molar-refractivity contribution is 0.859. The number of nitrogens with one attached hydrogen (secondary N) is 1. The molecule has 0 fully saturated rings. The zero-order chi connectivity index (χ0) is 12.8. The Kier molecular flexibility index (Phi) is 4.42. The summed E-state index contributed by atoms with van der Waals surface area (Å²) >= 11 is 6.02. The van der Waals surface area contributed by atoms with E-state index in [-0.39, 0.29) is 0 Å². The molecule has 0 spiro atoms. The molecule has 0 aliphatic carbocycles. The third-order valence-electron chi connectivity index (χ3n) is 2.64. The molecule has 94 valence electrons. The minimum absolute atomic E-state index is 0.565. The number of nitrogens with two attached hydrogens (primary N) is 1. The molecule has 18 heavy (non-hydrogen) atoms. The summed E-state index contributed by atoms with van der Waals surface area (Å²) in [5.41, 5.74) is 7.51. The molecule has 0 unspecified atom stereocenters. The average molecular weight is 262 g/mol. The van der Waals surface area contributed by atoms with Crippen LogP contribution < -0.4 is 11.1 Å². The number of aryl methyl sites for hydroxylation is 1. The van der Waals surface area contributed by atoms with Crippen LogP contribution in [0.3, 0.4) is 0 Å². The summed E-state index contributed by atoms with van der Waals surface area (Å²) < 4.78 is 0. The number of nitrogen functional groups attached to an aromatic ring is 1. The molecule has 2 aromatic rings. The minimum Gasteiger partial charge on any atom is -0.397 e. The van der Waals surface area contributed by atoms with Crippen molar-refractivity contribution in [1.29, 1.82) is 0 Å². The molecule has 0 bridgehead atoms. The maximum Gasteiger partial charge on any atom is 0.144 e. The molecule has 0 atom stereocenters. The van der Waals surface area contributed by atoms with Gasteiger partial charge in [0.1, 0.15) is 5.82 Å². The number of hydrogen-bond donors (Lipinski definition) is 2. The van der Waals surface area contributed by atoms with Crippen molar-refractivity contribution in [2.45, 2.75) is 12.8 Å². The fourth-order valence-electron chi connectivity index (χ4n) is 1.73. The van der Waals surface area contributed by atoms with Crippen molar-refractivity contribution in [2.24, 2.45) is 0 Å². The van der Waals surface area contributed by atoms with E-state index >= 15 is 0 Å². The highest BCUT2D eigenvalue weighted by Crippen LogP contribution is 2.20. The summed E-state index contributed by atoms with van der Waals surface area (Å²) in [6.07, 6.45) is 3.68. The monoisotopic (exact) mass is 261 g/mol. The van der Waals surface area contributed by atoms with E-state index in [2.05, 4.69) is 34.6 Å². The number of nitrogens with zero attached hydrogens (tertiary/aromatic N) is 1. The highest BCUT2D eigenvalue weighted by atomic mass is 35.5. The Morgan fingerprint density at radius 1 is 1.22 bits per heavy atom. The zero-order valence-electron chi connectivity index (χ0n) is 10.1. The number of hydrogen-bond acceptors (Lipinski definition) is 3. The van der Waals surface area contributed by atoms with Gasteiger partial charge in [0.05, 0.1) is 16.9 Å². The van der Waals surface area contributed by atoms with E-state index < -0.39 is 0 Å². The quantitative estimate of drug-likeness (QED) is 0.812. The second kappa shape index (κ2) is 6.26. The van der Waals surface area contributed by atoms with Crippen molar-refractivity contribution in [3.63, 3.8) is 0 Å². The summed E-state index contributed by atoms with van der Waals surface area (Å²) in [5, 5.41) is 3.78. The van der Waals surface area contributed by atoms with Gasteiger partial charge in [-0.2, -0.15) is 0 Å². The van der Waals surface area contributed by atoms with E-state index in [1.54, 1.807) is 12.3 Å². The summed E-state index contributed by atoms with van der Waals surface area (Å²) in [6.45, 7) is 0.839. The number of halogens is 1. The number of rotatable bonds is 5. The average Bonchev–Trinajstić information content (AvgIpc) is 2.38. The van der Waals surface area contributed by atoms with Gasteiger partial charge in [0.15, 0.2) is 0 Å². The van der Waals surface area contributed by atoms with Gasteiger partial charge in [-0.25, -0.2) is 4.98 Å². The van der Waals surface area contributed by atoms with E-state index in [4.69, 9.17) is 17.3 Å². The Labute approximate surface area is 112 Å². The van der Waals surface area contributed by atoms with Gasteiger partial charge >= 0.3 is 0 Å². The smallest absolute Gasteiger partial charge is 0.144 e. The van der Waals surface area contributed by atoms with Crippen molar-refractivity contribution in [3.8, 4) is 0 Å². The minimum atomic E-state index is 0.565. The largest absolute Gasteiger partial charge is 0.397 e. The van der Waals surface area contributed by atoms with Gasteiger partial charge in [-0.3, -0.25) is 0 Å². The molecular formula is C14H16ClN3. The van der Waals surface area contributed by atoms with E-state index in [1.807, 2.05) is 6.07 Å². The summed E-state index contributed by atoms with van der Waals surface area (Å²) in [7, 11) is 0. The van der Waals surface area contributed by atoms with Crippen LogP contribution in [0, 0.1) is 0 Å². The molecule has 1 aromatic carbocycles. The molecule has 0 aliphatic rings. The molecular weight excluding hydrogens is 246 g/mol. The molecule has 4 heteroatoms. The van der Waals surface area contributed by atoms with Gasteiger partial charge in [-0.15, -0.1) is 0 Å². The van der Waals surface area contributed by atoms with Gasteiger partial charge in [0.2, 0.25) is 0 Å². The number of anilines is 2. The Hall–Kier alpha value is -1.74. The van der Waals surface area contributed by atoms with Crippen LogP contribution in [0.2, 0.25) is 5.02 Å². The molecule has 3 N–H and O–H groups in total.